The largest absolute Gasteiger partial charge is 0.381 e. The molecule has 5 heteroatoms. The summed E-state index contributed by atoms with van der Waals surface area (Å²) in [5.41, 5.74) is 12.1. The van der Waals surface area contributed by atoms with Crippen LogP contribution in [0.15, 0.2) is 42.5 Å². The highest BCUT2D eigenvalue weighted by atomic mass is 35.5. The topological polar surface area (TPSA) is 64.4 Å². The quantitative estimate of drug-likeness (QED) is 0.754. The SMILES string of the molecule is Cl.NC(C(=O)Nc1ccc2c(c1)Cc1ccccc1-2)C1CCOCC1. The van der Waals surface area contributed by atoms with E-state index < -0.39 is 6.04 Å². The molecule has 132 valence electrons. The summed E-state index contributed by atoms with van der Waals surface area (Å²) in [6, 6.07) is 14.1. The zero-order valence-corrected chi connectivity index (χ0v) is 14.9. The number of nitrogens with one attached hydrogen (secondary N) is 1. The van der Waals surface area contributed by atoms with E-state index in [9.17, 15) is 4.79 Å². The second kappa shape index (κ2) is 7.56. The van der Waals surface area contributed by atoms with Crippen molar-refractivity contribution in [3.05, 3.63) is 53.6 Å². The molecule has 3 N–H and O–H groups in total. The van der Waals surface area contributed by atoms with Crippen LogP contribution in [0.5, 0.6) is 0 Å². The lowest BCUT2D eigenvalue weighted by atomic mass is 9.92. The van der Waals surface area contributed by atoms with Crippen molar-refractivity contribution >= 4 is 24.0 Å². The molecule has 0 bridgehead atoms. The normalized spacial score (nSPS) is 17.2. The standard InChI is InChI=1S/C20H22N2O2.ClH/c21-19(13-7-9-24-10-8-13)20(23)22-16-5-6-18-15(12-16)11-14-3-1-2-4-17(14)18;/h1-6,12-13,19H,7-11,21H2,(H,22,23);1H. The van der Waals surface area contributed by atoms with Gasteiger partial charge in [0.25, 0.3) is 0 Å². The van der Waals surface area contributed by atoms with Gasteiger partial charge in [-0.25, -0.2) is 0 Å². The Bertz CT molecular complexity index is 772. The zero-order valence-electron chi connectivity index (χ0n) is 14.0. The third kappa shape index (κ3) is 3.56. The molecule has 1 amide bonds. The first-order chi connectivity index (χ1) is 11.7. The van der Waals surface area contributed by atoms with Gasteiger partial charge in [-0.1, -0.05) is 30.3 Å². The maximum absolute atomic E-state index is 12.5. The van der Waals surface area contributed by atoms with Crippen LogP contribution < -0.4 is 11.1 Å². The number of halogens is 1. The highest BCUT2D eigenvalue weighted by Gasteiger charge is 2.27. The summed E-state index contributed by atoms with van der Waals surface area (Å²) in [7, 11) is 0. The van der Waals surface area contributed by atoms with Crippen molar-refractivity contribution in [3.63, 3.8) is 0 Å². The van der Waals surface area contributed by atoms with Crippen molar-refractivity contribution < 1.29 is 9.53 Å². The Kier molecular flexibility index (Phi) is 5.42. The number of hydrogen-bond donors (Lipinski definition) is 2. The average Bonchev–Trinajstić information content (AvgIpc) is 2.99. The fourth-order valence-electron chi connectivity index (χ4n) is 3.74. The van der Waals surface area contributed by atoms with Gasteiger partial charge in [0.2, 0.25) is 5.91 Å². The lowest BCUT2D eigenvalue weighted by Crippen LogP contribution is -2.44. The number of rotatable bonds is 3. The van der Waals surface area contributed by atoms with Gasteiger partial charge >= 0.3 is 0 Å². The second-order valence-electron chi connectivity index (χ2n) is 6.67. The van der Waals surface area contributed by atoms with E-state index in [4.69, 9.17) is 10.5 Å². The first-order valence-corrected chi connectivity index (χ1v) is 8.58. The van der Waals surface area contributed by atoms with Crippen molar-refractivity contribution in [2.45, 2.75) is 25.3 Å². The van der Waals surface area contributed by atoms with E-state index in [2.05, 4.69) is 41.7 Å². The molecule has 1 saturated heterocycles. The van der Waals surface area contributed by atoms with Gasteiger partial charge in [0, 0.05) is 18.9 Å². The van der Waals surface area contributed by atoms with E-state index in [0.29, 0.717) is 13.2 Å². The number of carbonyl (C=O) groups is 1. The number of benzene rings is 2. The van der Waals surface area contributed by atoms with Crippen LogP contribution in [0.3, 0.4) is 0 Å². The third-order valence-electron chi connectivity index (χ3n) is 5.14. The molecule has 1 aliphatic heterocycles. The Labute approximate surface area is 154 Å². The van der Waals surface area contributed by atoms with Crippen LogP contribution in [0.4, 0.5) is 5.69 Å². The molecule has 0 spiro atoms. The fraction of sp³-hybridized carbons (Fsp3) is 0.350. The Hall–Kier alpha value is -1.88. The smallest absolute Gasteiger partial charge is 0.241 e. The molecular weight excluding hydrogens is 336 g/mol. The van der Waals surface area contributed by atoms with Crippen LogP contribution in [-0.4, -0.2) is 25.2 Å². The lowest BCUT2D eigenvalue weighted by Gasteiger charge is -2.26. The average molecular weight is 359 g/mol. The molecule has 2 aromatic carbocycles. The predicted octanol–water partition coefficient (Wildman–Crippen LogP) is 3.37. The van der Waals surface area contributed by atoms with E-state index in [-0.39, 0.29) is 24.2 Å². The molecule has 1 fully saturated rings. The molecule has 0 radical (unpaired) electrons. The van der Waals surface area contributed by atoms with Crippen LogP contribution in [0.25, 0.3) is 11.1 Å². The molecule has 1 heterocycles. The van der Waals surface area contributed by atoms with Crippen molar-refractivity contribution in [3.8, 4) is 11.1 Å². The maximum Gasteiger partial charge on any atom is 0.241 e. The molecule has 0 aromatic heterocycles. The minimum atomic E-state index is -0.473. The highest BCUT2D eigenvalue weighted by molar-refractivity contribution is 5.95. The van der Waals surface area contributed by atoms with E-state index >= 15 is 0 Å². The molecular formula is C20H23ClN2O2. The number of ether oxygens (including phenoxy) is 1. The number of anilines is 1. The molecule has 2 aliphatic rings. The maximum atomic E-state index is 12.5. The van der Waals surface area contributed by atoms with E-state index in [1.165, 1.54) is 22.3 Å². The number of nitrogens with two attached hydrogens (primary N) is 1. The molecule has 0 saturated carbocycles. The minimum absolute atomic E-state index is 0. The zero-order chi connectivity index (χ0) is 16.5. The Morgan fingerprint density at radius 1 is 1.08 bits per heavy atom. The van der Waals surface area contributed by atoms with Crippen molar-refractivity contribution in [2.24, 2.45) is 11.7 Å². The summed E-state index contributed by atoms with van der Waals surface area (Å²) in [6.07, 6.45) is 2.63. The molecule has 1 unspecified atom stereocenters. The van der Waals surface area contributed by atoms with Gasteiger partial charge in [-0.05, 0) is 59.6 Å². The van der Waals surface area contributed by atoms with Gasteiger partial charge in [0.1, 0.15) is 0 Å². The summed E-state index contributed by atoms with van der Waals surface area (Å²) in [6.45, 7) is 1.39. The summed E-state index contributed by atoms with van der Waals surface area (Å²) in [5.74, 6) is 0.106. The van der Waals surface area contributed by atoms with E-state index in [0.717, 1.165) is 24.9 Å². The molecule has 1 aliphatic carbocycles. The summed E-state index contributed by atoms with van der Waals surface area (Å²) in [5, 5.41) is 2.99. The van der Waals surface area contributed by atoms with Gasteiger partial charge in [0.05, 0.1) is 6.04 Å². The summed E-state index contributed by atoms with van der Waals surface area (Å²) < 4.78 is 5.34. The Morgan fingerprint density at radius 2 is 1.80 bits per heavy atom. The van der Waals surface area contributed by atoms with Crippen LogP contribution in [0.1, 0.15) is 24.0 Å². The predicted molar refractivity (Wildman–Crippen MR) is 102 cm³/mol. The van der Waals surface area contributed by atoms with Crippen LogP contribution in [-0.2, 0) is 16.0 Å². The van der Waals surface area contributed by atoms with Crippen molar-refractivity contribution in [1.29, 1.82) is 0 Å². The van der Waals surface area contributed by atoms with Crippen molar-refractivity contribution in [1.82, 2.24) is 0 Å². The van der Waals surface area contributed by atoms with Crippen LogP contribution >= 0.6 is 12.4 Å². The van der Waals surface area contributed by atoms with Gasteiger partial charge < -0.3 is 15.8 Å². The van der Waals surface area contributed by atoms with E-state index in [1.807, 2.05) is 6.07 Å². The summed E-state index contributed by atoms with van der Waals surface area (Å²) >= 11 is 0. The molecule has 4 rings (SSSR count). The minimum Gasteiger partial charge on any atom is -0.381 e. The summed E-state index contributed by atoms with van der Waals surface area (Å²) in [4.78, 5) is 12.5. The number of fused-ring (bicyclic) bond motifs is 3. The molecule has 2 aromatic rings. The monoisotopic (exact) mass is 358 g/mol. The first-order valence-electron chi connectivity index (χ1n) is 8.58. The lowest BCUT2D eigenvalue weighted by molar-refractivity contribution is -0.119. The van der Waals surface area contributed by atoms with Gasteiger partial charge in [-0.2, -0.15) is 0 Å². The third-order valence-corrected chi connectivity index (χ3v) is 5.14. The van der Waals surface area contributed by atoms with Crippen LogP contribution in [0, 0.1) is 5.92 Å². The fourth-order valence-corrected chi connectivity index (χ4v) is 3.74. The molecule has 25 heavy (non-hydrogen) atoms. The van der Waals surface area contributed by atoms with Gasteiger partial charge in [-0.3, -0.25) is 4.79 Å². The molecule has 1 atom stereocenters. The first kappa shape index (κ1) is 17.9. The molecule has 4 nitrogen and oxygen atoms in total. The Balaban J connectivity index is 0.00000182. The van der Waals surface area contributed by atoms with E-state index in [1.54, 1.807) is 0 Å². The van der Waals surface area contributed by atoms with Gasteiger partial charge in [-0.15, -0.1) is 12.4 Å². The number of amides is 1. The number of carbonyl (C=O) groups excluding carboxylic acids is 1. The van der Waals surface area contributed by atoms with Crippen LogP contribution in [0.2, 0.25) is 0 Å². The van der Waals surface area contributed by atoms with Gasteiger partial charge in [0.15, 0.2) is 0 Å². The van der Waals surface area contributed by atoms with Crippen molar-refractivity contribution in [2.75, 3.05) is 18.5 Å². The Morgan fingerprint density at radius 3 is 2.60 bits per heavy atom. The highest BCUT2D eigenvalue weighted by Crippen LogP contribution is 2.37. The second-order valence-corrected chi connectivity index (χ2v) is 6.67. The number of hydrogen-bond acceptors (Lipinski definition) is 3.